The van der Waals surface area contributed by atoms with Crippen LogP contribution in [0.2, 0.25) is 0 Å². The molecule has 0 saturated carbocycles. The predicted molar refractivity (Wildman–Crippen MR) is 131 cm³/mol. The van der Waals surface area contributed by atoms with Gasteiger partial charge in [-0.3, -0.25) is 4.79 Å². The number of hydrogen-bond donors (Lipinski definition) is 0. The minimum Gasteiger partial charge on any atom is -0.497 e. The fourth-order valence-corrected chi connectivity index (χ4v) is 4.00. The van der Waals surface area contributed by atoms with Crippen molar-refractivity contribution in [3.63, 3.8) is 0 Å². The second kappa shape index (κ2) is 10.8. The van der Waals surface area contributed by atoms with Gasteiger partial charge in [0.15, 0.2) is 0 Å². The molecule has 3 aromatic rings. The summed E-state index contributed by atoms with van der Waals surface area (Å²) in [4.78, 5) is 17.4. The molecule has 1 fully saturated rings. The van der Waals surface area contributed by atoms with Crippen LogP contribution in [0.3, 0.4) is 0 Å². The Bertz CT molecular complexity index is 1090. The molecule has 0 N–H and O–H groups in total. The van der Waals surface area contributed by atoms with E-state index in [9.17, 15) is 4.79 Å². The Kier molecular flexibility index (Phi) is 7.42. The molecule has 1 aliphatic heterocycles. The lowest BCUT2D eigenvalue weighted by atomic mass is 10.1. The number of piperazine rings is 1. The van der Waals surface area contributed by atoms with Gasteiger partial charge in [-0.25, -0.2) is 0 Å². The summed E-state index contributed by atoms with van der Waals surface area (Å²) in [6.45, 7) is 3.17. The number of hydrogen-bond acceptors (Lipinski definition) is 6. The van der Waals surface area contributed by atoms with Crippen LogP contribution in [0.25, 0.3) is 0 Å². The van der Waals surface area contributed by atoms with Gasteiger partial charge in [0.05, 0.1) is 21.3 Å². The first-order chi connectivity index (χ1) is 16.6. The molecule has 1 aliphatic rings. The molecule has 0 bridgehead atoms. The molecule has 0 aliphatic carbocycles. The summed E-state index contributed by atoms with van der Waals surface area (Å²) in [5.41, 5.74) is 2.59. The van der Waals surface area contributed by atoms with Gasteiger partial charge in [0.1, 0.15) is 29.6 Å². The molecule has 0 aromatic heterocycles. The van der Waals surface area contributed by atoms with Crippen molar-refractivity contribution in [3.05, 3.63) is 77.9 Å². The van der Waals surface area contributed by atoms with Crippen molar-refractivity contribution in [1.82, 2.24) is 4.90 Å². The molecule has 178 valence electrons. The van der Waals surface area contributed by atoms with E-state index >= 15 is 0 Å². The summed E-state index contributed by atoms with van der Waals surface area (Å²) in [6.07, 6.45) is 0. The van der Waals surface area contributed by atoms with Crippen LogP contribution in [0.5, 0.6) is 23.0 Å². The van der Waals surface area contributed by atoms with Crippen LogP contribution < -0.4 is 23.8 Å². The summed E-state index contributed by atoms with van der Waals surface area (Å²) in [5.74, 6) is 3.03. The van der Waals surface area contributed by atoms with Gasteiger partial charge < -0.3 is 28.7 Å². The highest BCUT2D eigenvalue weighted by molar-refractivity contribution is 5.94. The van der Waals surface area contributed by atoms with E-state index in [-0.39, 0.29) is 5.91 Å². The van der Waals surface area contributed by atoms with Gasteiger partial charge in [-0.2, -0.15) is 0 Å². The SMILES string of the molecule is COc1ccc(OCc2cc(C(=O)N3CCN(c4ccc(OC)cc4)CC3)ccc2OC)cc1. The van der Waals surface area contributed by atoms with E-state index < -0.39 is 0 Å². The van der Waals surface area contributed by atoms with Crippen LogP contribution in [0.15, 0.2) is 66.7 Å². The molecule has 0 radical (unpaired) electrons. The monoisotopic (exact) mass is 462 g/mol. The van der Waals surface area contributed by atoms with Crippen molar-refractivity contribution < 1.29 is 23.7 Å². The zero-order valence-electron chi connectivity index (χ0n) is 19.8. The molecule has 1 saturated heterocycles. The van der Waals surface area contributed by atoms with Crippen LogP contribution in [-0.2, 0) is 6.61 Å². The van der Waals surface area contributed by atoms with Crippen LogP contribution >= 0.6 is 0 Å². The third-order valence-electron chi connectivity index (χ3n) is 5.99. The summed E-state index contributed by atoms with van der Waals surface area (Å²) in [5, 5.41) is 0. The second-order valence-electron chi connectivity index (χ2n) is 7.97. The topological polar surface area (TPSA) is 60.5 Å². The molecule has 1 amide bonds. The van der Waals surface area contributed by atoms with Crippen molar-refractivity contribution >= 4 is 11.6 Å². The molecule has 0 unspecified atom stereocenters. The highest BCUT2D eigenvalue weighted by Gasteiger charge is 2.23. The average Bonchev–Trinajstić information content (AvgIpc) is 2.91. The highest BCUT2D eigenvalue weighted by atomic mass is 16.5. The fourth-order valence-electron chi connectivity index (χ4n) is 4.00. The van der Waals surface area contributed by atoms with E-state index in [0.29, 0.717) is 36.8 Å². The van der Waals surface area contributed by atoms with E-state index in [1.807, 2.05) is 59.5 Å². The third kappa shape index (κ3) is 5.36. The summed E-state index contributed by atoms with van der Waals surface area (Å²) in [7, 11) is 4.91. The molecule has 4 rings (SSSR count). The second-order valence-corrected chi connectivity index (χ2v) is 7.97. The minimum atomic E-state index is 0.0164. The maximum absolute atomic E-state index is 13.2. The average molecular weight is 463 g/mol. The molecular weight excluding hydrogens is 432 g/mol. The molecule has 34 heavy (non-hydrogen) atoms. The molecule has 7 heteroatoms. The minimum absolute atomic E-state index is 0.0164. The first-order valence-corrected chi connectivity index (χ1v) is 11.2. The Morgan fingerprint density at radius 3 is 1.91 bits per heavy atom. The smallest absolute Gasteiger partial charge is 0.253 e. The standard InChI is InChI=1S/C27H30N2O5/c1-31-23-7-5-22(6-8-23)28-14-16-29(17-15-28)27(30)20-4-13-26(33-3)21(18-20)19-34-25-11-9-24(32-2)10-12-25/h4-13,18H,14-17,19H2,1-3H3. The normalized spacial score (nSPS) is 13.4. The van der Waals surface area contributed by atoms with E-state index in [1.165, 1.54) is 0 Å². The number of benzene rings is 3. The van der Waals surface area contributed by atoms with E-state index in [2.05, 4.69) is 17.0 Å². The number of amides is 1. The van der Waals surface area contributed by atoms with Gasteiger partial charge in [0.25, 0.3) is 5.91 Å². The number of rotatable bonds is 8. The van der Waals surface area contributed by atoms with Crippen molar-refractivity contribution in [3.8, 4) is 23.0 Å². The van der Waals surface area contributed by atoms with Crippen molar-refractivity contribution in [2.45, 2.75) is 6.61 Å². The summed E-state index contributed by atoms with van der Waals surface area (Å²) in [6, 6.07) is 20.9. The number of carbonyl (C=O) groups excluding carboxylic acids is 1. The third-order valence-corrected chi connectivity index (χ3v) is 5.99. The van der Waals surface area contributed by atoms with Crippen molar-refractivity contribution in [2.75, 3.05) is 52.4 Å². The van der Waals surface area contributed by atoms with Crippen LogP contribution in [0, 0.1) is 0 Å². The van der Waals surface area contributed by atoms with E-state index in [4.69, 9.17) is 18.9 Å². The van der Waals surface area contributed by atoms with Crippen molar-refractivity contribution in [2.24, 2.45) is 0 Å². The highest BCUT2D eigenvalue weighted by Crippen LogP contribution is 2.25. The Hall–Kier alpha value is -3.87. The Morgan fingerprint density at radius 2 is 1.32 bits per heavy atom. The quantitative estimate of drug-likeness (QED) is 0.499. The lowest BCUT2D eigenvalue weighted by molar-refractivity contribution is 0.0746. The lowest BCUT2D eigenvalue weighted by Crippen LogP contribution is -2.48. The Balaban J connectivity index is 1.39. The fraction of sp³-hybridized carbons (Fsp3) is 0.296. The number of methoxy groups -OCH3 is 3. The largest absolute Gasteiger partial charge is 0.497 e. The van der Waals surface area contributed by atoms with Crippen LogP contribution in [0.4, 0.5) is 5.69 Å². The summed E-state index contributed by atoms with van der Waals surface area (Å²) >= 11 is 0. The molecule has 3 aromatic carbocycles. The molecule has 0 spiro atoms. The molecule has 0 atom stereocenters. The van der Waals surface area contributed by atoms with Gasteiger partial charge >= 0.3 is 0 Å². The lowest BCUT2D eigenvalue weighted by Gasteiger charge is -2.36. The van der Waals surface area contributed by atoms with Gasteiger partial charge in [0, 0.05) is 43.0 Å². The molecule has 7 nitrogen and oxygen atoms in total. The van der Waals surface area contributed by atoms with E-state index in [1.54, 1.807) is 21.3 Å². The zero-order valence-corrected chi connectivity index (χ0v) is 19.8. The maximum Gasteiger partial charge on any atom is 0.253 e. The maximum atomic E-state index is 13.2. The van der Waals surface area contributed by atoms with Gasteiger partial charge in [-0.05, 0) is 66.7 Å². The van der Waals surface area contributed by atoms with Gasteiger partial charge in [-0.1, -0.05) is 0 Å². The Morgan fingerprint density at radius 1 is 0.735 bits per heavy atom. The number of ether oxygens (including phenoxy) is 4. The Labute approximate surface area is 200 Å². The van der Waals surface area contributed by atoms with Gasteiger partial charge in [-0.15, -0.1) is 0 Å². The molecule has 1 heterocycles. The van der Waals surface area contributed by atoms with Crippen LogP contribution in [0.1, 0.15) is 15.9 Å². The van der Waals surface area contributed by atoms with Crippen LogP contribution in [-0.4, -0.2) is 58.3 Å². The van der Waals surface area contributed by atoms with Crippen molar-refractivity contribution in [1.29, 1.82) is 0 Å². The zero-order chi connectivity index (χ0) is 23.9. The number of anilines is 1. The summed E-state index contributed by atoms with van der Waals surface area (Å²) < 4.78 is 21.8. The van der Waals surface area contributed by atoms with E-state index in [0.717, 1.165) is 35.8 Å². The first-order valence-electron chi connectivity index (χ1n) is 11.2. The first kappa shape index (κ1) is 23.3. The number of carbonyl (C=O) groups is 1. The predicted octanol–water partition coefficient (Wildman–Crippen LogP) is 4.25. The molecular formula is C27H30N2O5. The number of nitrogens with zero attached hydrogens (tertiary/aromatic N) is 2. The van der Waals surface area contributed by atoms with Gasteiger partial charge in [0.2, 0.25) is 0 Å².